The molecule has 9 nitrogen and oxygen atoms in total. The van der Waals surface area contributed by atoms with Crippen molar-refractivity contribution in [2.24, 2.45) is 0 Å². The van der Waals surface area contributed by atoms with Gasteiger partial charge in [0.2, 0.25) is 0 Å². The van der Waals surface area contributed by atoms with Crippen molar-refractivity contribution in [3.8, 4) is 0 Å². The van der Waals surface area contributed by atoms with Crippen LogP contribution in [0.15, 0.2) is 46.5 Å². The molecule has 0 aliphatic carbocycles. The van der Waals surface area contributed by atoms with E-state index in [0.717, 1.165) is 68.3 Å². The van der Waals surface area contributed by atoms with Crippen LogP contribution in [0.5, 0.6) is 0 Å². The number of H-pyrrole nitrogens is 2. The fourth-order valence-electron chi connectivity index (χ4n) is 7.83. The second kappa shape index (κ2) is 11.2. The summed E-state index contributed by atoms with van der Waals surface area (Å²) in [5.41, 5.74) is 5.55. The number of carbonyl (C=O) groups is 1. The van der Waals surface area contributed by atoms with Crippen molar-refractivity contribution in [3.63, 3.8) is 0 Å². The molecule has 3 N–H and O–H groups in total. The Morgan fingerprint density at radius 2 is 1.56 bits per heavy atom. The van der Waals surface area contributed by atoms with Crippen LogP contribution in [0.2, 0.25) is 0 Å². The average Bonchev–Trinajstić information content (AvgIpc) is 3.73. The number of anilines is 1. The molecular formula is C33H40N6O3S. The summed E-state index contributed by atoms with van der Waals surface area (Å²) in [4.78, 5) is 49.9. The zero-order chi connectivity index (χ0) is 29.8. The molecule has 7 rings (SSSR count). The van der Waals surface area contributed by atoms with Crippen LogP contribution >= 0.6 is 11.3 Å². The van der Waals surface area contributed by atoms with Crippen molar-refractivity contribution in [3.05, 3.63) is 90.6 Å². The first-order valence-corrected chi connectivity index (χ1v) is 16.3. The summed E-state index contributed by atoms with van der Waals surface area (Å²) >= 11 is 1.67. The topological polar surface area (TPSA) is 105 Å². The quantitative estimate of drug-likeness (QED) is 0.355. The van der Waals surface area contributed by atoms with Gasteiger partial charge in [0.25, 0.3) is 11.5 Å². The highest BCUT2D eigenvalue weighted by Gasteiger charge is 2.43. The molecule has 10 heteroatoms. The molecule has 4 aliphatic rings. The maximum absolute atomic E-state index is 13.6. The van der Waals surface area contributed by atoms with Gasteiger partial charge in [0.15, 0.2) is 0 Å². The van der Waals surface area contributed by atoms with Gasteiger partial charge in [-0.3, -0.25) is 19.5 Å². The smallest absolute Gasteiger partial charge is 0.325 e. The molecule has 2 unspecified atom stereocenters. The third-order valence-electron chi connectivity index (χ3n) is 9.83. The zero-order valence-electron chi connectivity index (χ0n) is 24.9. The molecule has 2 atom stereocenters. The Labute approximate surface area is 255 Å². The molecule has 3 saturated heterocycles. The number of piperazine rings is 1. The molecule has 6 heterocycles. The minimum Gasteiger partial charge on any atom is -0.369 e. The van der Waals surface area contributed by atoms with Gasteiger partial charge in [-0.2, -0.15) is 0 Å². The van der Waals surface area contributed by atoms with Gasteiger partial charge >= 0.3 is 5.69 Å². The number of fused-ring (bicyclic) bond motifs is 3. The summed E-state index contributed by atoms with van der Waals surface area (Å²) in [6.07, 6.45) is 4.50. The molecule has 0 spiro atoms. The molecule has 2 bridgehead atoms. The summed E-state index contributed by atoms with van der Waals surface area (Å²) in [5, 5.41) is 5.01. The van der Waals surface area contributed by atoms with Crippen LogP contribution < -0.4 is 16.6 Å². The van der Waals surface area contributed by atoms with E-state index in [9.17, 15) is 14.4 Å². The van der Waals surface area contributed by atoms with Crippen LogP contribution in [0.25, 0.3) is 5.57 Å². The lowest BCUT2D eigenvalue weighted by Crippen LogP contribution is -2.47. The highest BCUT2D eigenvalue weighted by Crippen LogP contribution is 2.50. The Morgan fingerprint density at radius 1 is 0.907 bits per heavy atom. The maximum atomic E-state index is 13.6. The molecule has 1 aromatic carbocycles. The SMILES string of the molecule is C=C(C(=O)N1C2CCC1CC2)c1cc2c(s1)NC(c1cc(C)cc(C)c1)C2CN1CCN(Cc2cc(=O)[nH]c(=O)[nH]2)CC1. The van der Waals surface area contributed by atoms with E-state index in [0.29, 0.717) is 29.9 Å². The molecule has 0 radical (unpaired) electrons. The number of hydrogen-bond donors (Lipinski definition) is 3. The Bertz CT molecular complexity index is 1610. The van der Waals surface area contributed by atoms with Crippen molar-refractivity contribution >= 4 is 27.8 Å². The van der Waals surface area contributed by atoms with Crippen LogP contribution in [0.4, 0.5) is 5.00 Å². The molecular weight excluding hydrogens is 560 g/mol. The predicted octanol–water partition coefficient (Wildman–Crippen LogP) is 3.98. The van der Waals surface area contributed by atoms with Gasteiger partial charge in [-0.05, 0) is 56.7 Å². The number of benzene rings is 1. The summed E-state index contributed by atoms with van der Waals surface area (Å²) < 4.78 is 0. The first-order valence-electron chi connectivity index (χ1n) is 15.5. The lowest BCUT2D eigenvalue weighted by Gasteiger charge is -2.37. The first-order chi connectivity index (χ1) is 20.7. The Balaban J connectivity index is 1.09. The van der Waals surface area contributed by atoms with Crippen LogP contribution in [0.3, 0.4) is 0 Å². The number of nitrogens with one attached hydrogen (secondary N) is 3. The molecule has 3 aromatic rings. The van der Waals surface area contributed by atoms with Crippen molar-refractivity contribution < 1.29 is 4.79 Å². The number of carbonyl (C=O) groups excluding carboxylic acids is 1. The van der Waals surface area contributed by atoms with Crippen molar-refractivity contribution in [1.29, 1.82) is 0 Å². The van der Waals surface area contributed by atoms with Gasteiger partial charge < -0.3 is 20.1 Å². The summed E-state index contributed by atoms with van der Waals surface area (Å²) in [6.45, 7) is 13.6. The van der Waals surface area contributed by atoms with Crippen LogP contribution in [-0.4, -0.2) is 75.4 Å². The fourth-order valence-corrected chi connectivity index (χ4v) is 8.96. The average molecular weight is 601 g/mol. The van der Waals surface area contributed by atoms with Gasteiger partial charge in [-0.1, -0.05) is 35.9 Å². The van der Waals surface area contributed by atoms with E-state index in [4.69, 9.17) is 0 Å². The lowest BCUT2D eigenvalue weighted by molar-refractivity contribution is -0.126. The van der Waals surface area contributed by atoms with Gasteiger partial charge in [-0.25, -0.2) is 4.79 Å². The summed E-state index contributed by atoms with van der Waals surface area (Å²) in [7, 11) is 0. The first kappa shape index (κ1) is 28.3. The van der Waals surface area contributed by atoms with E-state index in [1.165, 1.54) is 28.3 Å². The molecule has 43 heavy (non-hydrogen) atoms. The number of aromatic nitrogens is 2. The van der Waals surface area contributed by atoms with Gasteiger partial charge in [0, 0.05) is 79.5 Å². The van der Waals surface area contributed by atoms with E-state index in [-0.39, 0.29) is 23.4 Å². The number of rotatable bonds is 7. The van der Waals surface area contributed by atoms with E-state index < -0.39 is 5.69 Å². The number of thiophene rings is 1. The van der Waals surface area contributed by atoms with Crippen molar-refractivity contribution in [2.75, 3.05) is 38.0 Å². The lowest BCUT2D eigenvalue weighted by atomic mass is 9.89. The van der Waals surface area contributed by atoms with Gasteiger partial charge in [0.05, 0.1) is 11.0 Å². The number of hydrogen-bond acceptors (Lipinski definition) is 7. The molecule has 4 aliphatic heterocycles. The molecule has 1 amide bonds. The highest BCUT2D eigenvalue weighted by atomic mass is 32.1. The van der Waals surface area contributed by atoms with E-state index in [1.807, 2.05) is 0 Å². The fraction of sp³-hybridized carbons (Fsp3) is 0.485. The number of nitrogens with zero attached hydrogens (tertiary/aromatic N) is 3. The second-order valence-electron chi connectivity index (χ2n) is 12.9. The zero-order valence-corrected chi connectivity index (χ0v) is 25.8. The molecule has 2 aromatic heterocycles. The Hall–Kier alpha value is -3.47. The number of aryl methyl sites for hydroxylation is 2. The summed E-state index contributed by atoms with van der Waals surface area (Å²) in [5.74, 6) is 0.355. The Morgan fingerprint density at radius 3 is 2.21 bits per heavy atom. The van der Waals surface area contributed by atoms with E-state index in [1.54, 1.807) is 11.3 Å². The van der Waals surface area contributed by atoms with E-state index >= 15 is 0 Å². The summed E-state index contributed by atoms with van der Waals surface area (Å²) in [6, 6.07) is 11.4. The standard InChI is InChI=1S/C33H40N6O3S/c1-19-12-20(2)14-22(13-19)30-27(18-38-10-8-37(9-11-38)17-23-15-29(40)35-33(42)34-23)26-16-28(43-31(26)36-30)21(3)32(41)39-24-4-5-25(39)7-6-24/h12-16,24-25,27,30,36H,3-11,17-18H2,1-2H3,(H2,34,35,40,42). The van der Waals surface area contributed by atoms with E-state index in [2.05, 4.69) is 74.7 Å². The normalized spacial score (nSPS) is 25.2. The molecule has 3 fully saturated rings. The van der Waals surface area contributed by atoms with Gasteiger partial charge in [0.1, 0.15) is 0 Å². The highest BCUT2D eigenvalue weighted by molar-refractivity contribution is 7.17. The molecule has 0 saturated carbocycles. The Kier molecular flexibility index (Phi) is 7.39. The predicted molar refractivity (Wildman–Crippen MR) is 171 cm³/mol. The third kappa shape index (κ3) is 5.52. The minimum atomic E-state index is -0.463. The largest absolute Gasteiger partial charge is 0.369 e. The van der Waals surface area contributed by atoms with Crippen LogP contribution in [0, 0.1) is 13.8 Å². The monoisotopic (exact) mass is 600 g/mol. The third-order valence-corrected chi connectivity index (χ3v) is 11.0. The van der Waals surface area contributed by atoms with Crippen molar-refractivity contribution in [2.45, 2.75) is 70.1 Å². The van der Waals surface area contributed by atoms with Crippen LogP contribution in [0.1, 0.15) is 70.5 Å². The second-order valence-corrected chi connectivity index (χ2v) is 13.9. The minimum absolute atomic E-state index is 0.116. The van der Waals surface area contributed by atoms with Crippen LogP contribution in [-0.2, 0) is 11.3 Å². The molecule has 226 valence electrons. The van der Waals surface area contributed by atoms with Gasteiger partial charge in [-0.15, -0.1) is 11.3 Å². The maximum Gasteiger partial charge on any atom is 0.325 e. The number of amides is 1. The van der Waals surface area contributed by atoms with Crippen molar-refractivity contribution in [1.82, 2.24) is 24.7 Å². The number of aromatic amines is 2.